The van der Waals surface area contributed by atoms with Crippen LogP contribution in [-0.4, -0.2) is 17.6 Å². The predicted octanol–water partition coefficient (Wildman–Crippen LogP) is 6.21. The average Bonchev–Trinajstić information content (AvgIpc) is 3.08. The molecule has 2 N–H and O–H groups in total. The molecule has 33 heavy (non-hydrogen) atoms. The van der Waals surface area contributed by atoms with E-state index in [4.69, 9.17) is 10.5 Å². The Labute approximate surface area is 194 Å². The third kappa shape index (κ3) is 3.96. The zero-order valence-corrected chi connectivity index (χ0v) is 18.9. The van der Waals surface area contributed by atoms with E-state index in [9.17, 15) is 5.26 Å². The van der Waals surface area contributed by atoms with Crippen molar-refractivity contribution in [3.63, 3.8) is 0 Å². The van der Waals surface area contributed by atoms with Crippen molar-refractivity contribution in [1.29, 1.82) is 5.26 Å². The lowest BCUT2D eigenvalue weighted by Crippen LogP contribution is -2.19. The Bertz CT molecular complexity index is 1300. The van der Waals surface area contributed by atoms with Crippen molar-refractivity contribution in [1.82, 2.24) is 4.98 Å². The van der Waals surface area contributed by atoms with Gasteiger partial charge in [-0.1, -0.05) is 18.2 Å². The summed E-state index contributed by atoms with van der Waals surface area (Å²) in [5.41, 5.74) is 14.3. The quantitative estimate of drug-likeness (QED) is 0.519. The Morgan fingerprint density at radius 2 is 1.88 bits per heavy atom. The minimum absolute atomic E-state index is 0.150. The lowest BCUT2D eigenvalue weighted by Gasteiger charge is -2.26. The summed E-state index contributed by atoms with van der Waals surface area (Å²) in [5, 5.41) is 9.24. The fourth-order valence-corrected chi connectivity index (χ4v) is 4.60. The number of nitrogen functional groups attached to an aromatic ring is 1. The fourth-order valence-electron chi connectivity index (χ4n) is 4.60. The first-order valence-corrected chi connectivity index (χ1v) is 11.2. The third-order valence-electron chi connectivity index (χ3n) is 6.32. The van der Waals surface area contributed by atoms with Crippen LogP contribution in [0.2, 0.25) is 0 Å². The molecule has 3 heterocycles. The van der Waals surface area contributed by atoms with Crippen molar-refractivity contribution in [2.45, 2.75) is 32.8 Å². The standard InChI is InChI=1S/C28H26N4O/c1-18-3-4-19(2)33-26-13-14-32(23-9-5-20(16-29)6-10-23)25-15-21(7-11-24(25)28(18)26)22-8-12-27(30)31-17-22/h3,5-12,15,17,19H,4,13-14H2,1-2H3,(H2,30,31). The van der Waals surface area contributed by atoms with E-state index in [1.807, 2.05) is 42.6 Å². The van der Waals surface area contributed by atoms with Crippen LogP contribution in [0.5, 0.6) is 0 Å². The molecule has 2 aliphatic rings. The van der Waals surface area contributed by atoms with E-state index in [1.54, 1.807) is 0 Å². The van der Waals surface area contributed by atoms with Crippen LogP contribution < -0.4 is 10.6 Å². The van der Waals surface area contributed by atoms with Crippen molar-refractivity contribution in [2.24, 2.45) is 0 Å². The summed E-state index contributed by atoms with van der Waals surface area (Å²) in [4.78, 5) is 6.60. The van der Waals surface area contributed by atoms with Crippen molar-refractivity contribution in [3.8, 4) is 17.2 Å². The number of anilines is 3. The highest BCUT2D eigenvalue weighted by Gasteiger charge is 2.27. The summed E-state index contributed by atoms with van der Waals surface area (Å²) >= 11 is 0. The van der Waals surface area contributed by atoms with E-state index >= 15 is 0 Å². The Hall–Kier alpha value is -4.04. The van der Waals surface area contributed by atoms with E-state index in [0.29, 0.717) is 11.4 Å². The lowest BCUT2D eigenvalue weighted by atomic mass is 9.93. The predicted molar refractivity (Wildman–Crippen MR) is 133 cm³/mol. The van der Waals surface area contributed by atoms with E-state index < -0.39 is 0 Å². The first-order chi connectivity index (χ1) is 16.0. The van der Waals surface area contributed by atoms with Gasteiger partial charge in [-0.05, 0) is 67.4 Å². The number of aromatic nitrogens is 1. The maximum atomic E-state index is 9.24. The third-order valence-corrected chi connectivity index (χ3v) is 6.32. The summed E-state index contributed by atoms with van der Waals surface area (Å²) in [5.74, 6) is 1.56. The maximum Gasteiger partial charge on any atom is 0.123 e. The molecule has 2 aromatic carbocycles. The van der Waals surface area contributed by atoms with E-state index in [2.05, 4.69) is 54.1 Å². The number of nitrogens with two attached hydrogens (primary N) is 1. The number of rotatable bonds is 2. The first-order valence-electron chi connectivity index (χ1n) is 11.2. The second-order valence-corrected chi connectivity index (χ2v) is 8.61. The molecule has 0 aliphatic carbocycles. The summed E-state index contributed by atoms with van der Waals surface area (Å²) in [6.07, 6.45) is 5.96. The SMILES string of the molecule is CC1=CCC(C)OC2=C1c1ccc(-c3ccc(N)nc3)cc1N(c1ccc(C#N)cc1)CC2. The van der Waals surface area contributed by atoms with Gasteiger partial charge >= 0.3 is 0 Å². The molecule has 0 saturated carbocycles. The van der Waals surface area contributed by atoms with Gasteiger partial charge in [0.15, 0.2) is 0 Å². The van der Waals surface area contributed by atoms with Crippen molar-refractivity contribution in [3.05, 3.63) is 89.3 Å². The van der Waals surface area contributed by atoms with Crippen LogP contribution in [0.1, 0.15) is 37.8 Å². The number of nitriles is 1. The Morgan fingerprint density at radius 1 is 1.09 bits per heavy atom. The molecule has 0 radical (unpaired) electrons. The number of pyridine rings is 1. The van der Waals surface area contributed by atoms with Crippen LogP contribution in [0.25, 0.3) is 16.7 Å². The molecule has 0 fully saturated rings. The number of fused-ring (bicyclic) bond motifs is 2. The van der Waals surface area contributed by atoms with Crippen molar-refractivity contribution < 1.29 is 4.74 Å². The smallest absolute Gasteiger partial charge is 0.123 e. The van der Waals surface area contributed by atoms with Gasteiger partial charge in [-0.25, -0.2) is 4.98 Å². The molecule has 5 rings (SSSR count). The first kappa shape index (κ1) is 20.8. The monoisotopic (exact) mass is 434 g/mol. The molecule has 0 spiro atoms. The van der Waals surface area contributed by atoms with E-state index in [1.165, 1.54) is 11.1 Å². The molecular weight excluding hydrogens is 408 g/mol. The maximum absolute atomic E-state index is 9.24. The van der Waals surface area contributed by atoms with Gasteiger partial charge in [-0.15, -0.1) is 0 Å². The van der Waals surface area contributed by atoms with Gasteiger partial charge in [-0.3, -0.25) is 0 Å². The normalized spacial score (nSPS) is 17.7. The molecule has 5 heteroatoms. The van der Waals surface area contributed by atoms with E-state index in [0.717, 1.165) is 53.2 Å². The lowest BCUT2D eigenvalue weighted by molar-refractivity contribution is 0.131. The Balaban J connectivity index is 1.69. The topological polar surface area (TPSA) is 75.2 Å². The highest BCUT2D eigenvalue weighted by Crippen LogP contribution is 2.44. The van der Waals surface area contributed by atoms with Crippen LogP contribution in [0.15, 0.2) is 78.2 Å². The van der Waals surface area contributed by atoms with Gasteiger partial charge in [0.25, 0.3) is 0 Å². The number of hydrogen-bond donors (Lipinski definition) is 1. The Kier molecular flexibility index (Phi) is 5.35. The average molecular weight is 435 g/mol. The molecule has 1 unspecified atom stereocenters. The van der Waals surface area contributed by atoms with Crippen LogP contribution in [0.3, 0.4) is 0 Å². The van der Waals surface area contributed by atoms with Gasteiger partial charge in [-0.2, -0.15) is 5.26 Å². The largest absolute Gasteiger partial charge is 0.494 e. The van der Waals surface area contributed by atoms with Crippen LogP contribution in [0.4, 0.5) is 17.2 Å². The van der Waals surface area contributed by atoms with Crippen LogP contribution in [-0.2, 0) is 4.74 Å². The molecule has 0 bridgehead atoms. The summed E-state index contributed by atoms with van der Waals surface area (Å²) < 4.78 is 6.41. The molecule has 2 aliphatic heterocycles. The number of nitrogens with zero attached hydrogens (tertiary/aromatic N) is 3. The summed E-state index contributed by atoms with van der Waals surface area (Å²) in [7, 11) is 0. The minimum atomic E-state index is 0.150. The zero-order valence-electron chi connectivity index (χ0n) is 18.9. The van der Waals surface area contributed by atoms with Crippen molar-refractivity contribution in [2.75, 3.05) is 17.2 Å². The number of hydrogen-bond acceptors (Lipinski definition) is 5. The van der Waals surface area contributed by atoms with Crippen LogP contribution in [0, 0.1) is 11.3 Å². The number of benzene rings is 2. The molecule has 5 nitrogen and oxygen atoms in total. The van der Waals surface area contributed by atoms with Crippen molar-refractivity contribution >= 4 is 22.8 Å². The van der Waals surface area contributed by atoms with Gasteiger partial charge < -0.3 is 15.4 Å². The fraction of sp³-hybridized carbons (Fsp3) is 0.214. The minimum Gasteiger partial charge on any atom is -0.494 e. The van der Waals surface area contributed by atoms with Gasteiger partial charge in [0.2, 0.25) is 0 Å². The number of allylic oxidation sites excluding steroid dienone is 2. The zero-order chi connectivity index (χ0) is 22.9. The second kappa shape index (κ2) is 8.48. The number of ether oxygens (including phenoxy) is 1. The highest BCUT2D eigenvalue weighted by molar-refractivity contribution is 5.91. The molecule has 3 aromatic rings. The van der Waals surface area contributed by atoms with E-state index in [-0.39, 0.29) is 6.10 Å². The summed E-state index contributed by atoms with van der Waals surface area (Å²) in [6, 6.07) is 20.4. The molecular formula is C28H26N4O. The molecule has 0 amide bonds. The van der Waals surface area contributed by atoms with Crippen LogP contribution >= 0.6 is 0 Å². The highest BCUT2D eigenvalue weighted by atomic mass is 16.5. The second-order valence-electron chi connectivity index (χ2n) is 8.61. The van der Waals surface area contributed by atoms with Gasteiger partial charge in [0.05, 0.1) is 17.7 Å². The Morgan fingerprint density at radius 3 is 2.61 bits per heavy atom. The molecule has 164 valence electrons. The molecule has 0 saturated heterocycles. The molecule has 1 atom stereocenters. The van der Waals surface area contributed by atoms with Gasteiger partial charge in [0.1, 0.15) is 11.6 Å². The van der Waals surface area contributed by atoms with Gasteiger partial charge in [0, 0.05) is 53.7 Å². The summed E-state index contributed by atoms with van der Waals surface area (Å²) in [6.45, 7) is 5.08. The molecule has 1 aromatic heterocycles.